The average molecular weight is 415 g/mol. The van der Waals surface area contributed by atoms with Gasteiger partial charge in [-0.25, -0.2) is 13.4 Å². The van der Waals surface area contributed by atoms with E-state index in [-0.39, 0.29) is 28.5 Å². The maximum Gasteiger partial charge on any atom is 0.417 e. The van der Waals surface area contributed by atoms with Crippen LogP contribution in [0.15, 0.2) is 41.4 Å². The van der Waals surface area contributed by atoms with E-state index in [1.807, 2.05) is 0 Å². The van der Waals surface area contributed by atoms with Crippen molar-refractivity contribution in [1.82, 2.24) is 4.98 Å². The van der Waals surface area contributed by atoms with Crippen LogP contribution in [-0.2, 0) is 16.0 Å². The van der Waals surface area contributed by atoms with Gasteiger partial charge in [-0.1, -0.05) is 25.0 Å². The predicted octanol–water partition coefficient (Wildman–Crippen LogP) is 3.85. The summed E-state index contributed by atoms with van der Waals surface area (Å²) in [6.45, 7) is -0.0931. The van der Waals surface area contributed by atoms with E-state index in [0.29, 0.717) is 19.0 Å². The fraction of sp³-hybridized carbons (Fsp3) is 0.421. The fourth-order valence-corrected chi connectivity index (χ4v) is 3.87. The first-order valence-corrected chi connectivity index (χ1v) is 10.6. The number of alkyl halides is 3. The molecule has 0 amide bonds. The molecular weight excluding hydrogens is 395 g/mol. The largest absolute Gasteiger partial charge is 0.474 e. The van der Waals surface area contributed by atoms with Crippen LogP contribution < -0.4 is 4.74 Å². The van der Waals surface area contributed by atoms with Crippen LogP contribution in [0.1, 0.15) is 31.2 Å². The minimum atomic E-state index is -4.61. The van der Waals surface area contributed by atoms with Crippen molar-refractivity contribution in [3.05, 3.63) is 42.1 Å². The molecule has 1 fully saturated rings. The van der Waals surface area contributed by atoms with Gasteiger partial charge in [0, 0.05) is 18.0 Å². The maximum atomic E-state index is 13.2. The highest BCUT2D eigenvalue weighted by Gasteiger charge is 2.34. The van der Waals surface area contributed by atoms with Gasteiger partial charge in [0.2, 0.25) is 5.88 Å². The topological polar surface area (TPSA) is 76.5 Å². The van der Waals surface area contributed by atoms with E-state index in [1.165, 1.54) is 24.3 Å². The molecule has 0 unspecified atom stereocenters. The van der Waals surface area contributed by atoms with E-state index in [0.717, 1.165) is 25.2 Å². The van der Waals surface area contributed by atoms with E-state index >= 15 is 0 Å². The molecule has 0 radical (unpaired) electrons. The van der Waals surface area contributed by atoms with Crippen LogP contribution in [-0.4, -0.2) is 37.0 Å². The van der Waals surface area contributed by atoms with Crippen molar-refractivity contribution in [2.75, 3.05) is 12.9 Å². The first-order valence-electron chi connectivity index (χ1n) is 8.71. The first-order chi connectivity index (χ1) is 13.0. The van der Waals surface area contributed by atoms with E-state index < -0.39 is 27.2 Å². The minimum absolute atomic E-state index is 0.0157. The number of aromatic nitrogens is 1. The summed E-state index contributed by atoms with van der Waals surface area (Å²) < 4.78 is 68.7. The van der Waals surface area contributed by atoms with E-state index in [2.05, 4.69) is 4.98 Å². The SMILES string of the molecule is CS(=O)(=O)c1cccc(-c2cc(C(F)(F)F)cnc2OCC2(O)CCCC2)c1. The van der Waals surface area contributed by atoms with Gasteiger partial charge in [0.05, 0.1) is 16.1 Å². The third kappa shape index (κ3) is 4.64. The number of aliphatic hydroxyl groups is 1. The van der Waals surface area contributed by atoms with Gasteiger partial charge < -0.3 is 9.84 Å². The van der Waals surface area contributed by atoms with Gasteiger partial charge >= 0.3 is 6.18 Å². The van der Waals surface area contributed by atoms with Crippen molar-refractivity contribution in [2.24, 2.45) is 0 Å². The molecule has 3 rings (SSSR count). The van der Waals surface area contributed by atoms with E-state index in [1.54, 1.807) is 0 Å². The molecule has 0 bridgehead atoms. The Bertz CT molecular complexity index is 967. The first kappa shape index (κ1) is 20.6. The fourth-order valence-electron chi connectivity index (χ4n) is 3.20. The number of halogens is 3. The lowest BCUT2D eigenvalue weighted by molar-refractivity contribution is -0.137. The van der Waals surface area contributed by atoms with Crippen molar-refractivity contribution in [3.8, 4) is 17.0 Å². The minimum Gasteiger partial charge on any atom is -0.474 e. The van der Waals surface area contributed by atoms with Crippen LogP contribution >= 0.6 is 0 Å². The predicted molar refractivity (Wildman–Crippen MR) is 96.7 cm³/mol. The zero-order chi connectivity index (χ0) is 20.6. The summed E-state index contributed by atoms with van der Waals surface area (Å²) in [6, 6.07) is 6.46. The molecule has 0 aliphatic heterocycles. The summed E-state index contributed by atoms with van der Waals surface area (Å²) in [7, 11) is -3.54. The third-order valence-corrected chi connectivity index (χ3v) is 5.87. The highest BCUT2D eigenvalue weighted by atomic mass is 32.2. The van der Waals surface area contributed by atoms with Gasteiger partial charge in [-0.15, -0.1) is 0 Å². The second kappa shape index (κ2) is 7.36. The maximum absolute atomic E-state index is 13.2. The smallest absolute Gasteiger partial charge is 0.417 e. The monoisotopic (exact) mass is 415 g/mol. The number of ether oxygens (including phenoxy) is 1. The van der Waals surface area contributed by atoms with Crippen molar-refractivity contribution in [2.45, 2.75) is 42.4 Å². The van der Waals surface area contributed by atoms with E-state index in [4.69, 9.17) is 4.74 Å². The number of hydrogen-bond acceptors (Lipinski definition) is 5. The Morgan fingerprint density at radius 2 is 1.89 bits per heavy atom. The molecule has 1 aliphatic rings. The number of pyridine rings is 1. The van der Waals surface area contributed by atoms with E-state index in [9.17, 15) is 26.7 Å². The van der Waals surface area contributed by atoms with Crippen LogP contribution in [0.5, 0.6) is 5.88 Å². The molecule has 28 heavy (non-hydrogen) atoms. The summed E-state index contributed by atoms with van der Waals surface area (Å²) in [6.07, 6.45) is -0.133. The third-order valence-electron chi connectivity index (χ3n) is 4.76. The molecule has 1 saturated carbocycles. The highest BCUT2D eigenvalue weighted by molar-refractivity contribution is 7.90. The van der Waals surface area contributed by atoms with Gasteiger partial charge in [0.25, 0.3) is 0 Å². The molecular formula is C19H20F3NO4S. The number of sulfone groups is 1. The molecule has 0 atom stereocenters. The van der Waals surface area contributed by atoms with Crippen LogP contribution in [0, 0.1) is 0 Å². The highest BCUT2D eigenvalue weighted by Crippen LogP contribution is 2.37. The second-order valence-electron chi connectivity index (χ2n) is 7.09. The van der Waals surface area contributed by atoms with Crippen molar-refractivity contribution in [1.29, 1.82) is 0 Å². The van der Waals surface area contributed by atoms with Crippen molar-refractivity contribution < 1.29 is 31.4 Å². The number of benzene rings is 1. The molecule has 152 valence electrons. The molecule has 1 aromatic carbocycles. The molecule has 0 saturated heterocycles. The van der Waals surface area contributed by atoms with Gasteiger partial charge in [0.1, 0.15) is 6.61 Å². The standard InChI is InChI=1S/C19H20F3NO4S/c1-28(25,26)15-6-4-5-13(9-15)16-10-14(19(20,21)22)11-23-17(16)27-12-18(24)7-2-3-8-18/h4-6,9-11,24H,2-3,7-8,12H2,1H3. The summed E-state index contributed by atoms with van der Waals surface area (Å²) >= 11 is 0. The Balaban J connectivity index is 2.03. The molecule has 5 nitrogen and oxygen atoms in total. The van der Waals surface area contributed by atoms with Crippen LogP contribution in [0.2, 0.25) is 0 Å². The molecule has 2 aromatic rings. The lowest BCUT2D eigenvalue weighted by Crippen LogP contribution is -2.32. The van der Waals surface area contributed by atoms with Gasteiger partial charge in [0.15, 0.2) is 9.84 Å². The average Bonchev–Trinajstić information content (AvgIpc) is 3.05. The quantitative estimate of drug-likeness (QED) is 0.803. The lowest BCUT2D eigenvalue weighted by atomic mass is 10.0. The summed E-state index contributed by atoms with van der Waals surface area (Å²) in [5, 5.41) is 10.4. The van der Waals surface area contributed by atoms with Crippen LogP contribution in [0.3, 0.4) is 0 Å². The van der Waals surface area contributed by atoms with Crippen LogP contribution in [0.25, 0.3) is 11.1 Å². The molecule has 0 spiro atoms. The second-order valence-corrected chi connectivity index (χ2v) is 9.11. The van der Waals surface area contributed by atoms with Crippen LogP contribution in [0.4, 0.5) is 13.2 Å². The summed E-state index contributed by atoms with van der Waals surface area (Å²) in [4.78, 5) is 3.78. The number of nitrogens with zero attached hydrogens (tertiary/aromatic N) is 1. The Morgan fingerprint density at radius 1 is 1.21 bits per heavy atom. The molecule has 1 N–H and O–H groups in total. The zero-order valence-electron chi connectivity index (χ0n) is 15.2. The summed E-state index contributed by atoms with van der Waals surface area (Å²) in [5.41, 5.74) is -1.76. The normalized spacial score (nSPS) is 16.9. The number of rotatable bonds is 5. The summed E-state index contributed by atoms with van der Waals surface area (Å²) in [5.74, 6) is -0.0843. The Kier molecular flexibility index (Phi) is 5.42. The lowest BCUT2D eigenvalue weighted by Gasteiger charge is -2.23. The van der Waals surface area contributed by atoms with Gasteiger partial charge in [-0.2, -0.15) is 13.2 Å². The Hall–Kier alpha value is -2.13. The van der Waals surface area contributed by atoms with Crippen molar-refractivity contribution >= 4 is 9.84 Å². The Labute approximate surface area is 161 Å². The zero-order valence-corrected chi connectivity index (χ0v) is 16.0. The molecule has 9 heteroatoms. The number of hydrogen-bond donors (Lipinski definition) is 1. The Morgan fingerprint density at radius 3 is 2.50 bits per heavy atom. The molecule has 1 aromatic heterocycles. The van der Waals surface area contributed by atoms with Crippen molar-refractivity contribution in [3.63, 3.8) is 0 Å². The van der Waals surface area contributed by atoms with Gasteiger partial charge in [-0.05, 0) is 36.6 Å². The molecule has 1 heterocycles. The molecule has 1 aliphatic carbocycles. The van der Waals surface area contributed by atoms with Gasteiger partial charge in [-0.3, -0.25) is 0 Å².